The summed E-state index contributed by atoms with van der Waals surface area (Å²) < 4.78 is 7.15. The van der Waals surface area contributed by atoms with E-state index < -0.39 is 5.91 Å². The van der Waals surface area contributed by atoms with Crippen LogP contribution < -0.4 is 10.6 Å². The summed E-state index contributed by atoms with van der Waals surface area (Å²) in [6.07, 6.45) is 5.27. The number of amides is 2. The van der Waals surface area contributed by atoms with Crippen molar-refractivity contribution in [2.45, 2.75) is 25.8 Å². The Bertz CT molecular complexity index is 758. The molecule has 1 aliphatic heterocycles. The predicted molar refractivity (Wildman–Crippen MR) is 92.4 cm³/mol. The molecule has 0 saturated carbocycles. The van der Waals surface area contributed by atoms with Crippen LogP contribution in [0, 0.1) is 0 Å². The molecule has 0 spiro atoms. The van der Waals surface area contributed by atoms with Crippen molar-refractivity contribution in [3.05, 3.63) is 35.5 Å². The number of nitrogens with zero attached hydrogens (tertiary/aromatic N) is 3. The summed E-state index contributed by atoms with van der Waals surface area (Å²) in [6.45, 7) is 2.84. The highest BCUT2D eigenvalue weighted by Gasteiger charge is 2.20. The molecule has 25 heavy (non-hydrogen) atoms. The van der Waals surface area contributed by atoms with Crippen molar-refractivity contribution >= 4 is 17.5 Å². The summed E-state index contributed by atoms with van der Waals surface area (Å²) in [5, 5.41) is 9.26. The molecule has 0 aromatic carbocycles. The first-order chi connectivity index (χ1) is 12.1. The molecule has 2 N–H and O–H groups in total. The van der Waals surface area contributed by atoms with Crippen molar-refractivity contribution in [3.63, 3.8) is 0 Å². The Morgan fingerprint density at radius 2 is 1.96 bits per heavy atom. The fraction of sp³-hybridized carbons (Fsp3) is 0.471. The lowest BCUT2D eigenvalue weighted by molar-refractivity contribution is 0.0958. The van der Waals surface area contributed by atoms with Gasteiger partial charge in [0.25, 0.3) is 11.8 Å². The largest absolute Gasteiger partial charge is 0.455 e. The van der Waals surface area contributed by atoms with Gasteiger partial charge in [-0.3, -0.25) is 19.2 Å². The molecule has 2 amide bonds. The minimum absolute atomic E-state index is 0.165. The van der Waals surface area contributed by atoms with Crippen molar-refractivity contribution in [1.82, 2.24) is 20.0 Å². The van der Waals surface area contributed by atoms with Gasteiger partial charge in [0.1, 0.15) is 5.76 Å². The van der Waals surface area contributed by atoms with E-state index in [1.54, 1.807) is 19.3 Å². The molecule has 1 fully saturated rings. The molecule has 2 aromatic rings. The van der Waals surface area contributed by atoms with Gasteiger partial charge in [-0.05, 0) is 38.1 Å². The molecule has 0 bridgehead atoms. The first-order valence-electron chi connectivity index (χ1n) is 8.45. The molecular formula is C17H23N5O3. The number of aromatic nitrogens is 2. The van der Waals surface area contributed by atoms with Crippen LogP contribution in [0.5, 0.6) is 0 Å². The minimum Gasteiger partial charge on any atom is -0.455 e. The van der Waals surface area contributed by atoms with Crippen LogP contribution in [-0.2, 0) is 13.6 Å². The molecule has 3 rings (SSSR count). The lowest BCUT2D eigenvalue weighted by atomic mass is 10.1. The fourth-order valence-electron chi connectivity index (χ4n) is 2.97. The smallest absolute Gasteiger partial charge is 0.291 e. The Kier molecular flexibility index (Phi) is 5.18. The molecule has 3 heterocycles. The standard InChI is InChI=1S/C17H23N5O3/c1-18-17(24)15-13(11-21(2)20-15)19-16(23)14-7-6-12(25-14)10-22-8-4-3-5-9-22/h6-7,11H,3-5,8-10H2,1-2H3,(H,18,24)(H,19,23). The van der Waals surface area contributed by atoms with Gasteiger partial charge in [0.15, 0.2) is 11.5 Å². The number of nitrogens with one attached hydrogen (secondary N) is 2. The predicted octanol–water partition coefficient (Wildman–Crippen LogP) is 1.61. The summed E-state index contributed by atoms with van der Waals surface area (Å²) in [7, 11) is 3.20. The molecule has 0 unspecified atom stereocenters. The van der Waals surface area contributed by atoms with Gasteiger partial charge in [0, 0.05) is 20.3 Å². The number of anilines is 1. The minimum atomic E-state index is -0.400. The van der Waals surface area contributed by atoms with Crippen molar-refractivity contribution in [3.8, 4) is 0 Å². The fourth-order valence-corrected chi connectivity index (χ4v) is 2.97. The number of hydrogen-bond acceptors (Lipinski definition) is 5. The van der Waals surface area contributed by atoms with Crippen LogP contribution in [0.25, 0.3) is 0 Å². The van der Waals surface area contributed by atoms with Crippen LogP contribution >= 0.6 is 0 Å². The van der Waals surface area contributed by atoms with E-state index in [9.17, 15) is 9.59 Å². The molecule has 8 nitrogen and oxygen atoms in total. The summed E-state index contributed by atoms with van der Waals surface area (Å²) in [5.74, 6) is 0.229. The van der Waals surface area contributed by atoms with Gasteiger partial charge in [0.2, 0.25) is 0 Å². The normalized spacial score (nSPS) is 15.1. The molecule has 8 heteroatoms. The monoisotopic (exact) mass is 345 g/mol. The van der Waals surface area contributed by atoms with Crippen LogP contribution in [0.3, 0.4) is 0 Å². The summed E-state index contributed by atoms with van der Waals surface area (Å²) in [5.41, 5.74) is 0.513. The molecule has 1 saturated heterocycles. The van der Waals surface area contributed by atoms with Crippen molar-refractivity contribution in [2.24, 2.45) is 7.05 Å². The maximum Gasteiger partial charge on any atom is 0.291 e. The number of carbonyl (C=O) groups excluding carboxylic acids is 2. The first-order valence-corrected chi connectivity index (χ1v) is 8.45. The topological polar surface area (TPSA) is 92.4 Å². The number of carbonyl (C=O) groups is 2. The Balaban J connectivity index is 1.67. The maximum absolute atomic E-state index is 12.4. The Hall–Kier alpha value is -2.61. The zero-order valence-corrected chi connectivity index (χ0v) is 14.5. The zero-order valence-electron chi connectivity index (χ0n) is 14.5. The van der Waals surface area contributed by atoms with Gasteiger partial charge < -0.3 is 15.1 Å². The van der Waals surface area contributed by atoms with Crippen LogP contribution in [0.4, 0.5) is 5.69 Å². The second kappa shape index (κ2) is 7.52. The average Bonchev–Trinajstić information content (AvgIpc) is 3.22. The number of piperidine rings is 1. The lowest BCUT2D eigenvalue weighted by Gasteiger charge is -2.25. The van der Waals surface area contributed by atoms with Gasteiger partial charge in [-0.1, -0.05) is 6.42 Å². The number of furan rings is 1. The first kappa shape index (κ1) is 17.2. The number of rotatable bonds is 5. The van der Waals surface area contributed by atoms with E-state index >= 15 is 0 Å². The molecule has 2 aromatic heterocycles. The van der Waals surface area contributed by atoms with Gasteiger partial charge in [-0.25, -0.2) is 0 Å². The van der Waals surface area contributed by atoms with Crippen LogP contribution in [0.2, 0.25) is 0 Å². The highest BCUT2D eigenvalue weighted by molar-refractivity contribution is 6.06. The third kappa shape index (κ3) is 4.08. The maximum atomic E-state index is 12.4. The zero-order chi connectivity index (χ0) is 17.8. The molecular weight excluding hydrogens is 322 g/mol. The van der Waals surface area contributed by atoms with Crippen LogP contribution in [0.1, 0.15) is 46.1 Å². The van der Waals surface area contributed by atoms with E-state index in [2.05, 4.69) is 20.6 Å². The van der Waals surface area contributed by atoms with Crippen molar-refractivity contribution in [2.75, 3.05) is 25.5 Å². The molecule has 1 aliphatic rings. The van der Waals surface area contributed by atoms with E-state index in [4.69, 9.17) is 4.42 Å². The molecule has 0 aliphatic carbocycles. The van der Waals surface area contributed by atoms with Gasteiger partial charge >= 0.3 is 0 Å². The lowest BCUT2D eigenvalue weighted by Crippen LogP contribution is -2.28. The van der Waals surface area contributed by atoms with E-state index in [0.29, 0.717) is 12.2 Å². The molecule has 0 radical (unpaired) electrons. The van der Waals surface area contributed by atoms with E-state index in [1.165, 1.54) is 31.0 Å². The number of hydrogen-bond donors (Lipinski definition) is 2. The van der Waals surface area contributed by atoms with E-state index in [1.807, 2.05) is 6.07 Å². The van der Waals surface area contributed by atoms with Gasteiger partial charge in [0.05, 0.1) is 12.2 Å². The van der Waals surface area contributed by atoms with Crippen molar-refractivity contribution < 1.29 is 14.0 Å². The highest BCUT2D eigenvalue weighted by atomic mass is 16.4. The second-order valence-corrected chi connectivity index (χ2v) is 6.20. The highest BCUT2D eigenvalue weighted by Crippen LogP contribution is 2.18. The summed E-state index contributed by atoms with van der Waals surface area (Å²) >= 11 is 0. The average molecular weight is 345 g/mol. The quantitative estimate of drug-likeness (QED) is 0.859. The Morgan fingerprint density at radius 3 is 2.68 bits per heavy atom. The summed E-state index contributed by atoms with van der Waals surface area (Å²) in [4.78, 5) is 26.6. The molecule has 0 atom stereocenters. The van der Waals surface area contributed by atoms with E-state index in [0.717, 1.165) is 18.8 Å². The third-order valence-electron chi connectivity index (χ3n) is 4.23. The van der Waals surface area contributed by atoms with E-state index in [-0.39, 0.29) is 17.4 Å². The Labute approximate surface area is 146 Å². The Morgan fingerprint density at radius 1 is 1.20 bits per heavy atom. The SMILES string of the molecule is CNC(=O)c1nn(C)cc1NC(=O)c1ccc(CN2CCCCC2)o1. The number of aryl methyl sites for hydroxylation is 1. The second-order valence-electron chi connectivity index (χ2n) is 6.20. The third-order valence-corrected chi connectivity index (χ3v) is 4.23. The number of likely N-dealkylation sites (tertiary alicyclic amines) is 1. The van der Waals surface area contributed by atoms with Crippen molar-refractivity contribution in [1.29, 1.82) is 0 Å². The van der Waals surface area contributed by atoms with Crippen LogP contribution in [-0.4, -0.2) is 46.6 Å². The van der Waals surface area contributed by atoms with Gasteiger partial charge in [-0.15, -0.1) is 0 Å². The van der Waals surface area contributed by atoms with Crippen LogP contribution in [0.15, 0.2) is 22.7 Å². The summed E-state index contributed by atoms with van der Waals surface area (Å²) in [6, 6.07) is 3.48. The van der Waals surface area contributed by atoms with Gasteiger partial charge in [-0.2, -0.15) is 5.10 Å². The molecule has 134 valence electrons.